The molecule has 1 saturated carbocycles. The molecule has 8 rings (SSSR count). The van der Waals surface area contributed by atoms with Crippen LogP contribution < -0.4 is 16.2 Å². The van der Waals surface area contributed by atoms with E-state index in [-0.39, 0.29) is 23.9 Å². The molecule has 2 bridgehead atoms. The van der Waals surface area contributed by atoms with Crippen molar-refractivity contribution in [3.05, 3.63) is 58.3 Å². The van der Waals surface area contributed by atoms with Gasteiger partial charge in [0, 0.05) is 42.0 Å². The fourth-order valence-electron chi connectivity index (χ4n) is 8.14. The average Bonchev–Trinajstić information content (AvgIpc) is 3.51. The van der Waals surface area contributed by atoms with Gasteiger partial charge in [0.25, 0.3) is 0 Å². The highest BCUT2D eigenvalue weighted by molar-refractivity contribution is 5.87. The number of phenolic OH excluding ortho intramolecular Hbond substituents is 1. The summed E-state index contributed by atoms with van der Waals surface area (Å²) in [5, 5.41) is 24.9. The van der Waals surface area contributed by atoms with Crippen LogP contribution >= 0.6 is 0 Å². The van der Waals surface area contributed by atoms with Gasteiger partial charge in [-0.25, -0.2) is 0 Å². The molecule has 2 aliphatic heterocycles. The first-order valence-corrected chi connectivity index (χ1v) is 13.6. The molecule has 4 atom stereocenters. The lowest BCUT2D eigenvalue weighted by Crippen LogP contribution is -2.74. The van der Waals surface area contributed by atoms with Crippen molar-refractivity contribution in [2.24, 2.45) is 22.4 Å². The number of likely N-dealkylation sites (tertiary alicyclic amines) is 1. The van der Waals surface area contributed by atoms with Crippen LogP contribution in [0.5, 0.6) is 11.5 Å². The van der Waals surface area contributed by atoms with Crippen molar-refractivity contribution in [1.29, 1.82) is 0 Å². The zero-order chi connectivity index (χ0) is 25.1. The average molecular weight is 500 g/mol. The molecule has 192 valence electrons. The monoisotopic (exact) mass is 499 g/mol. The van der Waals surface area contributed by atoms with E-state index in [4.69, 9.17) is 16.2 Å². The van der Waals surface area contributed by atoms with E-state index in [1.165, 1.54) is 18.4 Å². The number of H-pyrrole nitrogens is 1. The Labute approximate surface area is 215 Å². The maximum Gasteiger partial charge on any atom is 0.185 e. The number of nitrogens with two attached hydrogens (primary N) is 2. The van der Waals surface area contributed by atoms with Gasteiger partial charge in [0.05, 0.1) is 16.7 Å². The Bertz CT molecular complexity index is 1490. The van der Waals surface area contributed by atoms with E-state index in [9.17, 15) is 10.2 Å². The fourth-order valence-corrected chi connectivity index (χ4v) is 8.14. The summed E-state index contributed by atoms with van der Waals surface area (Å²) < 4.78 is 6.68. The van der Waals surface area contributed by atoms with Crippen LogP contribution in [0.15, 0.2) is 35.3 Å². The zero-order valence-corrected chi connectivity index (χ0v) is 20.8. The highest BCUT2D eigenvalue weighted by Crippen LogP contribution is 2.69. The van der Waals surface area contributed by atoms with E-state index in [1.807, 2.05) is 0 Å². The number of aliphatic imine (C=N–C) groups is 1. The van der Waals surface area contributed by atoms with Crippen LogP contribution in [0.25, 0.3) is 10.9 Å². The number of hydrogen-bond donors (Lipinski definition) is 5. The van der Waals surface area contributed by atoms with E-state index in [0.717, 1.165) is 71.6 Å². The molecule has 5 aliphatic rings. The molecule has 3 heterocycles. The molecule has 8 heteroatoms. The Hall–Kier alpha value is -3.23. The summed E-state index contributed by atoms with van der Waals surface area (Å²) in [7, 11) is 0. The van der Waals surface area contributed by atoms with E-state index < -0.39 is 11.0 Å². The summed E-state index contributed by atoms with van der Waals surface area (Å²) in [6, 6.07) is 10.3. The lowest BCUT2D eigenvalue weighted by Gasteiger charge is -2.62. The number of hydrogen-bond acceptors (Lipinski definition) is 5. The number of aromatic hydroxyl groups is 1. The molecule has 1 aromatic heterocycles. The summed E-state index contributed by atoms with van der Waals surface area (Å²) in [4.78, 5) is 10.4. The smallest absolute Gasteiger partial charge is 0.185 e. The Morgan fingerprint density at radius 3 is 2.89 bits per heavy atom. The number of benzene rings is 2. The third kappa shape index (κ3) is 2.77. The van der Waals surface area contributed by atoms with Crippen LogP contribution in [-0.4, -0.2) is 57.3 Å². The van der Waals surface area contributed by atoms with Crippen molar-refractivity contribution in [2.75, 3.05) is 19.6 Å². The van der Waals surface area contributed by atoms with Gasteiger partial charge in [-0.1, -0.05) is 12.1 Å². The summed E-state index contributed by atoms with van der Waals surface area (Å²) in [5.74, 6) is 1.60. The second-order valence-corrected chi connectivity index (χ2v) is 11.9. The van der Waals surface area contributed by atoms with Crippen LogP contribution in [-0.2, 0) is 24.7 Å². The standard InChI is InChI=1S/C29H33N5O3/c30-27(31)32-9-7-15-3-5-20-18(11-15)19-13-29(36)22-12-17-4-6-21(35)25-23(17)28(29,26(37-25)24(19)33-20)8-10-34(22)14-16-1-2-16/h3-6,11,16,22,26,33,35-36H,1-2,7-10,12-14H2,(H4,30,31,32)/t22-,26-,28-,29+/m0/s1. The van der Waals surface area contributed by atoms with Crippen LogP contribution in [0.4, 0.5) is 0 Å². The third-order valence-electron chi connectivity index (χ3n) is 9.92. The molecule has 0 unspecified atom stereocenters. The minimum atomic E-state index is -0.979. The summed E-state index contributed by atoms with van der Waals surface area (Å²) in [5.41, 5.74) is 16.1. The first-order chi connectivity index (χ1) is 17.9. The highest BCUT2D eigenvalue weighted by atomic mass is 16.5. The number of piperidine rings is 1. The number of rotatable bonds is 5. The normalized spacial score (nSPS) is 31.1. The number of guanidine groups is 1. The Morgan fingerprint density at radius 1 is 1.22 bits per heavy atom. The molecule has 2 fully saturated rings. The Morgan fingerprint density at radius 2 is 2.08 bits per heavy atom. The molecular formula is C29H33N5O3. The number of aliphatic hydroxyl groups is 1. The zero-order valence-electron chi connectivity index (χ0n) is 20.8. The van der Waals surface area contributed by atoms with Gasteiger partial charge in [-0.2, -0.15) is 0 Å². The predicted octanol–water partition coefficient (Wildman–Crippen LogP) is 2.39. The quantitative estimate of drug-likeness (QED) is 0.270. The van der Waals surface area contributed by atoms with E-state index in [2.05, 4.69) is 39.1 Å². The molecule has 1 saturated heterocycles. The second kappa shape index (κ2) is 7.20. The van der Waals surface area contributed by atoms with Crippen molar-refractivity contribution >= 4 is 16.9 Å². The number of nitrogens with zero attached hydrogens (tertiary/aromatic N) is 2. The van der Waals surface area contributed by atoms with Gasteiger partial charge in [0.15, 0.2) is 23.6 Å². The van der Waals surface area contributed by atoms with Crippen LogP contribution in [0, 0.1) is 5.92 Å². The molecule has 0 amide bonds. The molecule has 37 heavy (non-hydrogen) atoms. The van der Waals surface area contributed by atoms with E-state index >= 15 is 0 Å². The predicted molar refractivity (Wildman–Crippen MR) is 141 cm³/mol. The molecule has 0 radical (unpaired) electrons. The molecule has 8 nitrogen and oxygen atoms in total. The van der Waals surface area contributed by atoms with Gasteiger partial charge in [-0.3, -0.25) is 9.89 Å². The Balaban J connectivity index is 1.30. The molecule has 3 aliphatic carbocycles. The minimum absolute atomic E-state index is 0.0269. The number of aromatic amines is 1. The summed E-state index contributed by atoms with van der Waals surface area (Å²) >= 11 is 0. The van der Waals surface area contributed by atoms with Crippen molar-refractivity contribution in [3.8, 4) is 11.5 Å². The fraction of sp³-hybridized carbons (Fsp3) is 0.483. The number of ether oxygens (including phenoxy) is 1. The Kier molecular flexibility index (Phi) is 4.25. The van der Waals surface area contributed by atoms with Gasteiger partial charge in [-0.15, -0.1) is 0 Å². The molecule has 1 spiro atoms. The minimum Gasteiger partial charge on any atom is -0.504 e. The maximum absolute atomic E-state index is 12.9. The number of aromatic nitrogens is 1. The van der Waals surface area contributed by atoms with Gasteiger partial charge in [0.1, 0.15) is 0 Å². The van der Waals surface area contributed by atoms with E-state index in [1.54, 1.807) is 6.07 Å². The van der Waals surface area contributed by atoms with E-state index in [0.29, 0.717) is 18.7 Å². The van der Waals surface area contributed by atoms with Crippen molar-refractivity contribution < 1.29 is 14.9 Å². The lowest BCUT2D eigenvalue weighted by atomic mass is 9.49. The molecule has 7 N–H and O–H groups in total. The SMILES string of the molecule is NC(N)=NCCc1ccc2[nH]c3c(c2c1)C[C@@]1(O)[C@@H]2Cc4ccc(O)c5c4[C@@]1(CCN2CC1CC1)[C@H]3O5. The van der Waals surface area contributed by atoms with Crippen LogP contribution in [0.1, 0.15) is 53.3 Å². The van der Waals surface area contributed by atoms with Crippen molar-refractivity contribution in [1.82, 2.24) is 9.88 Å². The van der Waals surface area contributed by atoms with Crippen molar-refractivity contribution in [3.63, 3.8) is 0 Å². The van der Waals surface area contributed by atoms with Crippen LogP contribution in [0.2, 0.25) is 0 Å². The number of nitrogens with one attached hydrogen (secondary N) is 1. The van der Waals surface area contributed by atoms with Crippen molar-refractivity contribution in [2.45, 2.75) is 61.7 Å². The first-order valence-electron chi connectivity index (χ1n) is 13.6. The molecular weight excluding hydrogens is 466 g/mol. The maximum atomic E-state index is 12.9. The number of fused-ring (bicyclic) bond motifs is 4. The summed E-state index contributed by atoms with van der Waals surface area (Å²) in [6.45, 7) is 2.54. The molecule has 3 aromatic rings. The van der Waals surface area contributed by atoms with Gasteiger partial charge >= 0.3 is 0 Å². The molecule has 2 aromatic carbocycles. The second-order valence-electron chi connectivity index (χ2n) is 11.9. The first kappa shape index (κ1) is 21.8. The third-order valence-corrected chi connectivity index (χ3v) is 9.92. The topological polar surface area (TPSA) is 133 Å². The number of phenols is 1. The van der Waals surface area contributed by atoms with Gasteiger partial charge in [-0.05, 0) is 79.5 Å². The summed E-state index contributed by atoms with van der Waals surface area (Å²) in [6.07, 6.45) is 5.14. The van der Waals surface area contributed by atoms with Crippen LogP contribution in [0.3, 0.4) is 0 Å². The van der Waals surface area contributed by atoms with Gasteiger partial charge in [0.2, 0.25) is 0 Å². The highest BCUT2D eigenvalue weighted by Gasteiger charge is 2.72. The van der Waals surface area contributed by atoms with Gasteiger partial charge < -0.3 is 31.4 Å². The largest absolute Gasteiger partial charge is 0.504 e. The lowest BCUT2D eigenvalue weighted by molar-refractivity contribution is -0.173.